The van der Waals surface area contributed by atoms with Gasteiger partial charge >= 0.3 is 0 Å². The molecule has 3 nitrogen and oxygen atoms in total. The number of anilines is 1. The first-order valence-corrected chi connectivity index (χ1v) is 4.99. The fourth-order valence-electron chi connectivity index (χ4n) is 1.06. The van der Waals surface area contributed by atoms with Crippen molar-refractivity contribution in [3.05, 3.63) is 24.0 Å². The quantitative estimate of drug-likeness (QED) is 0.582. The van der Waals surface area contributed by atoms with E-state index in [9.17, 15) is 4.39 Å². The molecule has 0 aliphatic carbocycles. The average molecular weight is 213 g/mol. The Kier molecular flexibility index (Phi) is 4.90. The van der Waals surface area contributed by atoms with Gasteiger partial charge in [0.2, 0.25) is 0 Å². The third kappa shape index (κ3) is 4.16. The molecule has 1 aromatic rings. The number of hydrogen-bond donors (Lipinski definition) is 1. The highest BCUT2D eigenvalue weighted by Crippen LogP contribution is 2.17. The lowest BCUT2D eigenvalue weighted by Gasteiger charge is -2.07. The van der Waals surface area contributed by atoms with E-state index < -0.39 is 5.82 Å². The lowest BCUT2D eigenvalue weighted by Crippen LogP contribution is -2.07. The first kappa shape index (κ1) is 11.8. The molecular formula is C11H16FNO2. The van der Waals surface area contributed by atoms with Crippen LogP contribution in [0.2, 0.25) is 0 Å². The molecule has 1 aromatic carbocycles. The van der Waals surface area contributed by atoms with Crippen LogP contribution in [0.1, 0.15) is 13.3 Å². The molecule has 0 aromatic heterocycles. The Labute approximate surface area is 89.0 Å². The van der Waals surface area contributed by atoms with Crippen LogP contribution in [0.4, 0.5) is 10.1 Å². The molecule has 1 rings (SSSR count). The summed E-state index contributed by atoms with van der Waals surface area (Å²) in [5.74, 6) is 0.0174. The monoisotopic (exact) mass is 213 g/mol. The maximum absolute atomic E-state index is 13.0. The molecule has 0 fully saturated rings. The van der Waals surface area contributed by atoms with Crippen molar-refractivity contribution in [1.82, 2.24) is 0 Å². The van der Waals surface area contributed by atoms with Crippen molar-refractivity contribution in [2.45, 2.75) is 13.3 Å². The van der Waals surface area contributed by atoms with Crippen LogP contribution < -0.4 is 10.5 Å². The number of halogens is 1. The summed E-state index contributed by atoms with van der Waals surface area (Å²) < 4.78 is 23.5. The minimum Gasteiger partial charge on any atom is -0.491 e. The molecule has 0 bridgehead atoms. The molecule has 2 N–H and O–H groups in total. The Bertz CT molecular complexity index is 305. The number of nitrogens with two attached hydrogens (primary N) is 1. The molecule has 0 aliphatic heterocycles. The molecule has 0 spiro atoms. The van der Waals surface area contributed by atoms with Gasteiger partial charge in [-0.25, -0.2) is 4.39 Å². The highest BCUT2D eigenvalue weighted by Gasteiger charge is 2.00. The highest BCUT2D eigenvalue weighted by molar-refractivity contribution is 5.43. The molecule has 0 atom stereocenters. The SMILES string of the molecule is CCCOCCOc1ccc(N)c(F)c1. The fraction of sp³-hybridized carbons (Fsp3) is 0.455. The number of ether oxygens (including phenoxy) is 2. The first-order chi connectivity index (χ1) is 7.24. The third-order valence-corrected chi connectivity index (χ3v) is 1.82. The molecule has 0 saturated heterocycles. The largest absolute Gasteiger partial charge is 0.491 e. The molecule has 84 valence electrons. The Morgan fingerprint density at radius 1 is 1.27 bits per heavy atom. The minimum absolute atomic E-state index is 0.129. The van der Waals surface area contributed by atoms with Crippen LogP contribution in [0.5, 0.6) is 5.75 Å². The van der Waals surface area contributed by atoms with Crippen molar-refractivity contribution < 1.29 is 13.9 Å². The van der Waals surface area contributed by atoms with Gasteiger partial charge in [-0.1, -0.05) is 6.92 Å². The molecular weight excluding hydrogens is 197 g/mol. The Balaban J connectivity index is 2.28. The van der Waals surface area contributed by atoms with E-state index in [1.807, 2.05) is 6.92 Å². The fourth-order valence-corrected chi connectivity index (χ4v) is 1.06. The third-order valence-electron chi connectivity index (χ3n) is 1.82. The summed E-state index contributed by atoms with van der Waals surface area (Å²) in [5, 5.41) is 0. The summed E-state index contributed by atoms with van der Waals surface area (Å²) in [4.78, 5) is 0. The van der Waals surface area contributed by atoms with Crippen molar-refractivity contribution in [2.75, 3.05) is 25.6 Å². The van der Waals surface area contributed by atoms with Gasteiger partial charge in [0.05, 0.1) is 12.3 Å². The van der Waals surface area contributed by atoms with Gasteiger partial charge < -0.3 is 15.2 Å². The second kappa shape index (κ2) is 6.24. The van der Waals surface area contributed by atoms with E-state index in [-0.39, 0.29) is 5.69 Å². The summed E-state index contributed by atoms with van der Waals surface area (Å²) in [7, 11) is 0. The van der Waals surface area contributed by atoms with Crippen LogP contribution in [0.3, 0.4) is 0 Å². The van der Waals surface area contributed by atoms with Crippen molar-refractivity contribution in [2.24, 2.45) is 0 Å². The zero-order valence-electron chi connectivity index (χ0n) is 8.83. The maximum atomic E-state index is 13.0. The lowest BCUT2D eigenvalue weighted by molar-refractivity contribution is 0.100. The van der Waals surface area contributed by atoms with Gasteiger partial charge in [0.25, 0.3) is 0 Å². The van der Waals surface area contributed by atoms with E-state index >= 15 is 0 Å². The van der Waals surface area contributed by atoms with Crippen LogP contribution >= 0.6 is 0 Å². The van der Waals surface area contributed by atoms with Gasteiger partial charge in [-0.3, -0.25) is 0 Å². The number of benzene rings is 1. The number of nitrogen functional groups attached to an aromatic ring is 1. The van der Waals surface area contributed by atoms with Crippen molar-refractivity contribution in [3.63, 3.8) is 0 Å². The molecule has 0 heterocycles. The van der Waals surface area contributed by atoms with Crippen LogP contribution in [-0.4, -0.2) is 19.8 Å². The predicted octanol–water partition coefficient (Wildman–Crippen LogP) is 2.21. The summed E-state index contributed by atoms with van der Waals surface area (Å²) in [6.07, 6.45) is 0.983. The normalized spacial score (nSPS) is 10.3. The van der Waals surface area contributed by atoms with E-state index in [0.29, 0.717) is 19.0 Å². The Morgan fingerprint density at radius 3 is 2.73 bits per heavy atom. The summed E-state index contributed by atoms with van der Waals surface area (Å²) in [6, 6.07) is 4.39. The summed E-state index contributed by atoms with van der Waals surface area (Å²) in [6.45, 7) is 3.69. The van der Waals surface area contributed by atoms with E-state index in [2.05, 4.69) is 0 Å². The summed E-state index contributed by atoms with van der Waals surface area (Å²) >= 11 is 0. The highest BCUT2D eigenvalue weighted by atomic mass is 19.1. The number of rotatable bonds is 6. The Morgan fingerprint density at radius 2 is 2.07 bits per heavy atom. The van der Waals surface area contributed by atoms with Gasteiger partial charge in [0, 0.05) is 12.7 Å². The van der Waals surface area contributed by atoms with Gasteiger partial charge in [0.1, 0.15) is 18.2 Å². The van der Waals surface area contributed by atoms with E-state index in [1.54, 1.807) is 6.07 Å². The molecule has 4 heteroatoms. The molecule has 15 heavy (non-hydrogen) atoms. The zero-order valence-corrected chi connectivity index (χ0v) is 8.83. The first-order valence-electron chi connectivity index (χ1n) is 4.99. The lowest BCUT2D eigenvalue weighted by atomic mass is 10.3. The van der Waals surface area contributed by atoms with E-state index in [1.165, 1.54) is 12.1 Å². The van der Waals surface area contributed by atoms with Crippen LogP contribution in [0.25, 0.3) is 0 Å². The molecule has 0 unspecified atom stereocenters. The van der Waals surface area contributed by atoms with Crippen molar-refractivity contribution >= 4 is 5.69 Å². The Hall–Kier alpha value is -1.29. The molecule has 0 amide bonds. The number of hydrogen-bond acceptors (Lipinski definition) is 3. The standard InChI is InChI=1S/C11H16FNO2/c1-2-5-14-6-7-15-9-3-4-11(13)10(12)8-9/h3-4,8H,2,5-7,13H2,1H3. The maximum Gasteiger partial charge on any atom is 0.149 e. The van der Waals surface area contributed by atoms with Gasteiger partial charge in [-0.2, -0.15) is 0 Å². The average Bonchev–Trinajstić information content (AvgIpc) is 2.23. The minimum atomic E-state index is -0.457. The van der Waals surface area contributed by atoms with Gasteiger partial charge in [-0.15, -0.1) is 0 Å². The van der Waals surface area contributed by atoms with Crippen molar-refractivity contribution in [1.29, 1.82) is 0 Å². The smallest absolute Gasteiger partial charge is 0.149 e. The second-order valence-electron chi connectivity index (χ2n) is 3.14. The summed E-state index contributed by atoms with van der Waals surface area (Å²) in [5.41, 5.74) is 5.46. The van der Waals surface area contributed by atoms with Crippen molar-refractivity contribution in [3.8, 4) is 5.75 Å². The second-order valence-corrected chi connectivity index (χ2v) is 3.14. The molecule has 0 radical (unpaired) electrons. The van der Waals surface area contributed by atoms with Crippen LogP contribution in [-0.2, 0) is 4.74 Å². The van der Waals surface area contributed by atoms with E-state index in [4.69, 9.17) is 15.2 Å². The topological polar surface area (TPSA) is 44.5 Å². The predicted molar refractivity (Wildman–Crippen MR) is 57.4 cm³/mol. The molecule has 0 aliphatic rings. The van der Waals surface area contributed by atoms with Crippen LogP contribution in [0.15, 0.2) is 18.2 Å². The van der Waals surface area contributed by atoms with E-state index in [0.717, 1.165) is 13.0 Å². The van der Waals surface area contributed by atoms with Gasteiger partial charge in [-0.05, 0) is 18.6 Å². The zero-order chi connectivity index (χ0) is 11.1. The molecule has 0 saturated carbocycles. The van der Waals surface area contributed by atoms with Gasteiger partial charge in [0.15, 0.2) is 0 Å². The van der Waals surface area contributed by atoms with Crippen LogP contribution in [0, 0.1) is 5.82 Å².